The molecule has 0 aliphatic heterocycles. The molecule has 94 valence electrons. The van der Waals surface area contributed by atoms with E-state index in [0.717, 1.165) is 16.5 Å². The quantitative estimate of drug-likeness (QED) is 0.639. The Hall–Kier alpha value is -2.20. The van der Waals surface area contributed by atoms with Crippen molar-refractivity contribution in [3.05, 3.63) is 58.4 Å². The van der Waals surface area contributed by atoms with Gasteiger partial charge in [0.1, 0.15) is 5.15 Å². The lowest BCUT2D eigenvalue weighted by Crippen LogP contribution is -2.19. The van der Waals surface area contributed by atoms with Gasteiger partial charge in [0.05, 0.1) is 5.52 Å². The highest BCUT2D eigenvalue weighted by molar-refractivity contribution is 6.30. The van der Waals surface area contributed by atoms with Gasteiger partial charge in [-0.15, -0.1) is 0 Å². The van der Waals surface area contributed by atoms with Crippen LogP contribution in [0.3, 0.4) is 0 Å². The van der Waals surface area contributed by atoms with Gasteiger partial charge in [-0.3, -0.25) is 9.78 Å². The molecular formula is C14H10ClN3O. The van der Waals surface area contributed by atoms with Crippen LogP contribution in [0.1, 0.15) is 0 Å². The van der Waals surface area contributed by atoms with Gasteiger partial charge < -0.3 is 4.57 Å². The van der Waals surface area contributed by atoms with Crippen LogP contribution in [0, 0.1) is 0 Å². The van der Waals surface area contributed by atoms with Crippen molar-refractivity contribution in [3.63, 3.8) is 0 Å². The standard InChI is InChI=1S/C14H10ClN3O/c1-18-12-7-13(15)17-8-10(12)6-11(14(18)19)9-2-4-16-5-3-9/h2-8H,1H3. The van der Waals surface area contributed by atoms with E-state index in [1.165, 1.54) is 0 Å². The molecule has 0 unspecified atom stereocenters. The Morgan fingerprint density at radius 2 is 1.95 bits per heavy atom. The molecule has 19 heavy (non-hydrogen) atoms. The van der Waals surface area contributed by atoms with Crippen LogP contribution in [-0.2, 0) is 7.05 Å². The number of fused-ring (bicyclic) bond motifs is 1. The summed E-state index contributed by atoms with van der Waals surface area (Å²) in [5.74, 6) is 0. The molecule has 3 heterocycles. The third-order valence-electron chi connectivity index (χ3n) is 3.07. The topological polar surface area (TPSA) is 47.8 Å². The maximum absolute atomic E-state index is 12.4. The number of aromatic nitrogens is 3. The predicted molar refractivity (Wildman–Crippen MR) is 75.2 cm³/mol. The lowest BCUT2D eigenvalue weighted by molar-refractivity contribution is 0.907. The van der Waals surface area contributed by atoms with E-state index in [0.29, 0.717) is 10.7 Å². The van der Waals surface area contributed by atoms with E-state index in [9.17, 15) is 4.79 Å². The van der Waals surface area contributed by atoms with Crippen LogP contribution in [-0.4, -0.2) is 14.5 Å². The zero-order chi connectivity index (χ0) is 13.4. The average Bonchev–Trinajstić information content (AvgIpc) is 2.44. The Morgan fingerprint density at radius 1 is 1.21 bits per heavy atom. The highest BCUT2D eigenvalue weighted by atomic mass is 35.5. The van der Waals surface area contributed by atoms with Crippen molar-refractivity contribution in [2.45, 2.75) is 0 Å². The summed E-state index contributed by atoms with van der Waals surface area (Å²) in [6.07, 6.45) is 5.00. The summed E-state index contributed by atoms with van der Waals surface area (Å²) in [5, 5.41) is 1.25. The van der Waals surface area contributed by atoms with Crippen molar-refractivity contribution >= 4 is 22.5 Å². The van der Waals surface area contributed by atoms with Gasteiger partial charge in [0.15, 0.2) is 0 Å². The molecule has 0 aliphatic carbocycles. The van der Waals surface area contributed by atoms with Crippen molar-refractivity contribution in [2.75, 3.05) is 0 Å². The fourth-order valence-corrected chi connectivity index (χ4v) is 2.23. The Balaban J connectivity index is 2.37. The molecule has 3 aromatic heterocycles. The fourth-order valence-electron chi connectivity index (χ4n) is 2.08. The Kier molecular flexibility index (Phi) is 2.80. The van der Waals surface area contributed by atoms with Gasteiger partial charge >= 0.3 is 0 Å². The number of pyridine rings is 3. The number of aryl methyl sites for hydroxylation is 1. The van der Waals surface area contributed by atoms with E-state index in [-0.39, 0.29) is 5.56 Å². The second kappa shape index (κ2) is 4.48. The number of rotatable bonds is 1. The summed E-state index contributed by atoms with van der Waals surface area (Å²) in [4.78, 5) is 20.4. The van der Waals surface area contributed by atoms with Gasteiger partial charge in [-0.25, -0.2) is 4.98 Å². The van der Waals surface area contributed by atoms with Crippen LogP contribution in [0.5, 0.6) is 0 Å². The van der Waals surface area contributed by atoms with E-state index in [1.54, 1.807) is 36.3 Å². The molecule has 3 aromatic rings. The summed E-state index contributed by atoms with van der Waals surface area (Å²) < 4.78 is 1.58. The lowest BCUT2D eigenvalue weighted by Gasteiger charge is -2.08. The molecular weight excluding hydrogens is 262 g/mol. The van der Waals surface area contributed by atoms with Gasteiger partial charge in [-0.05, 0) is 29.8 Å². The van der Waals surface area contributed by atoms with Gasteiger partial charge in [0.25, 0.3) is 5.56 Å². The van der Waals surface area contributed by atoms with Crippen LogP contribution in [0.4, 0.5) is 0 Å². The Morgan fingerprint density at radius 3 is 2.68 bits per heavy atom. The molecule has 0 radical (unpaired) electrons. The van der Waals surface area contributed by atoms with Crippen LogP contribution < -0.4 is 5.56 Å². The Bertz CT molecular complexity index is 812. The summed E-state index contributed by atoms with van der Waals surface area (Å²) in [6.45, 7) is 0. The molecule has 0 N–H and O–H groups in total. The van der Waals surface area contributed by atoms with Gasteiger partial charge in [-0.2, -0.15) is 0 Å². The maximum atomic E-state index is 12.4. The summed E-state index contributed by atoms with van der Waals surface area (Å²) in [5.41, 5.74) is 2.16. The van der Waals surface area contributed by atoms with Crippen molar-refractivity contribution in [2.24, 2.45) is 7.05 Å². The molecule has 0 spiro atoms. The first-order valence-corrected chi connectivity index (χ1v) is 6.10. The number of hydrogen-bond acceptors (Lipinski definition) is 3. The number of halogens is 1. The van der Waals surface area contributed by atoms with E-state index >= 15 is 0 Å². The van der Waals surface area contributed by atoms with E-state index in [2.05, 4.69) is 9.97 Å². The molecule has 0 atom stereocenters. The Labute approximate surface area is 114 Å². The summed E-state index contributed by atoms with van der Waals surface area (Å²) in [7, 11) is 1.73. The molecule has 0 aliphatic rings. The van der Waals surface area contributed by atoms with Crippen LogP contribution in [0.15, 0.2) is 47.7 Å². The first-order valence-electron chi connectivity index (χ1n) is 5.72. The van der Waals surface area contributed by atoms with Crippen molar-refractivity contribution < 1.29 is 0 Å². The second-order valence-corrected chi connectivity index (χ2v) is 4.61. The third kappa shape index (κ3) is 2.00. The van der Waals surface area contributed by atoms with Crippen LogP contribution in [0.25, 0.3) is 22.0 Å². The minimum atomic E-state index is -0.0685. The van der Waals surface area contributed by atoms with Gasteiger partial charge in [0.2, 0.25) is 0 Å². The molecule has 0 amide bonds. The first-order chi connectivity index (χ1) is 9.16. The average molecular weight is 272 g/mol. The molecule has 0 fully saturated rings. The monoisotopic (exact) mass is 271 g/mol. The number of hydrogen-bond donors (Lipinski definition) is 0. The molecule has 0 saturated carbocycles. The van der Waals surface area contributed by atoms with E-state index < -0.39 is 0 Å². The van der Waals surface area contributed by atoms with Crippen LogP contribution in [0.2, 0.25) is 5.15 Å². The highest BCUT2D eigenvalue weighted by Crippen LogP contribution is 2.21. The molecule has 0 saturated heterocycles. The summed E-state index contributed by atoms with van der Waals surface area (Å²) >= 11 is 5.87. The van der Waals surface area contributed by atoms with Gasteiger partial charge in [-0.1, -0.05) is 11.6 Å². The molecule has 0 aromatic carbocycles. The minimum absolute atomic E-state index is 0.0685. The van der Waals surface area contributed by atoms with Gasteiger partial charge in [0, 0.05) is 36.6 Å². The second-order valence-electron chi connectivity index (χ2n) is 4.22. The van der Waals surface area contributed by atoms with Crippen LogP contribution >= 0.6 is 11.6 Å². The smallest absolute Gasteiger partial charge is 0.258 e. The summed E-state index contributed by atoms with van der Waals surface area (Å²) in [6, 6.07) is 7.14. The zero-order valence-electron chi connectivity index (χ0n) is 10.2. The van der Waals surface area contributed by atoms with Crippen molar-refractivity contribution in [1.82, 2.24) is 14.5 Å². The maximum Gasteiger partial charge on any atom is 0.258 e. The van der Waals surface area contributed by atoms with Crippen molar-refractivity contribution in [3.8, 4) is 11.1 Å². The predicted octanol–water partition coefficient (Wildman–Crippen LogP) is 2.65. The minimum Gasteiger partial charge on any atom is -0.311 e. The molecule has 0 bridgehead atoms. The molecule has 3 rings (SSSR count). The van der Waals surface area contributed by atoms with E-state index in [1.807, 2.05) is 18.2 Å². The van der Waals surface area contributed by atoms with Crippen molar-refractivity contribution in [1.29, 1.82) is 0 Å². The highest BCUT2D eigenvalue weighted by Gasteiger charge is 2.09. The number of nitrogens with zero attached hydrogens (tertiary/aromatic N) is 3. The fraction of sp³-hybridized carbons (Fsp3) is 0.0714. The largest absolute Gasteiger partial charge is 0.311 e. The lowest BCUT2D eigenvalue weighted by atomic mass is 10.1. The zero-order valence-corrected chi connectivity index (χ0v) is 10.9. The van der Waals surface area contributed by atoms with E-state index in [4.69, 9.17) is 11.6 Å². The molecule has 4 nitrogen and oxygen atoms in total. The normalized spacial score (nSPS) is 10.8. The third-order valence-corrected chi connectivity index (χ3v) is 3.27. The SMILES string of the molecule is Cn1c(=O)c(-c2ccncc2)cc2cnc(Cl)cc21. The molecule has 5 heteroatoms. The first kappa shape index (κ1) is 11.9.